The van der Waals surface area contributed by atoms with Gasteiger partial charge in [-0.1, -0.05) is 12.1 Å². The highest BCUT2D eigenvalue weighted by molar-refractivity contribution is 5.92. The first-order chi connectivity index (χ1) is 11.0. The smallest absolute Gasteiger partial charge is 0.338 e. The molecule has 0 spiro atoms. The van der Waals surface area contributed by atoms with Crippen LogP contribution in [0.25, 0.3) is 0 Å². The lowest BCUT2D eigenvalue weighted by molar-refractivity contribution is -0.138. The Bertz CT molecular complexity index is 542. The van der Waals surface area contributed by atoms with Crippen LogP contribution in [0.2, 0.25) is 0 Å². The van der Waals surface area contributed by atoms with Gasteiger partial charge in [0.15, 0.2) is 6.61 Å². The average molecular weight is 322 g/mol. The zero-order valence-corrected chi connectivity index (χ0v) is 13.4. The number of rotatable bonds is 8. The van der Waals surface area contributed by atoms with E-state index in [1.54, 1.807) is 26.0 Å². The predicted octanol–water partition coefficient (Wildman–Crippen LogP) is 0.320. The lowest BCUT2D eigenvalue weighted by Gasteiger charge is -2.20. The highest BCUT2D eigenvalue weighted by Crippen LogP contribution is 2.06. The Morgan fingerprint density at radius 2 is 1.83 bits per heavy atom. The number of likely N-dealkylation sites (N-methyl/N-ethyl adjacent to an activating group) is 2. The van der Waals surface area contributed by atoms with E-state index in [0.717, 1.165) is 0 Å². The Labute approximate surface area is 135 Å². The normalized spacial score (nSPS) is 10.0. The van der Waals surface area contributed by atoms with Gasteiger partial charge in [-0.15, -0.1) is 0 Å². The molecular weight excluding hydrogens is 300 g/mol. The van der Waals surface area contributed by atoms with Crippen LogP contribution in [-0.4, -0.2) is 54.0 Å². The molecule has 0 aromatic heterocycles. The molecule has 2 N–H and O–H groups in total. The second-order valence-electron chi connectivity index (χ2n) is 4.79. The maximum absolute atomic E-state index is 12.0. The van der Waals surface area contributed by atoms with Crippen molar-refractivity contribution in [1.82, 2.24) is 10.2 Å². The molecule has 7 heteroatoms. The van der Waals surface area contributed by atoms with E-state index >= 15 is 0 Å². The Morgan fingerprint density at radius 1 is 1.17 bits per heavy atom. The van der Waals surface area contributed by atoms with Crippen molar-refractivity contribution in [2.75, 3.05) is 26.2 Å². The van der Waals surface area contributed by atoms with E-state index in [0.29, 0.717) is 24.2 Å². The lowest BCUT2D eigenvalue weighted by Crippen LogP contribution is -2.42. The molecule has 0 heterocycles. The molecule has 0 unspecified atom stereocenters. The van der Waals surface area contributed by atoms with Crippen molar-refractivity contribution in [2.24, 2.45) is 0 Å². The molecule has 0 radical (unpaired) electrons. The average Bonchev–Trinajstić information content (AvgIpc) is 2.57. The third-order valence-electron chi connectivity index (χ3n) is 3.14. The third-order valence-corrected chi connectivity index (χ3v) is 3.14. The molecule has 0 atom stereocenters. The lowest BCUT2D eigenvalue weighted by atomic mass is 10.1. The molecule has 126 valence electrons. The van der Waals surface area contributed by atoms with Gasteiger partial charge in [0, 0.05) is 13.1 Å². The second-order valence-corrected chi connectivity index (χ2v) is 4.79. The number of aliphatic hydroxyl groups excluding tert-OH is 1. The van der Waals surface area contributed by atoms with Crippen molar-refractivity contribution in [3.8, 4) is 0 Å². The van der Waals surface area contributed by atoms with E-state index in [-0.39, 0.29) is 19.1 Å². The van der Waals surface area contributed by atoms with Gasteiger partial charge in [-0.2, -0.15) is 0 Å². The summed E-state index contributed by atoms with van der Waals surface area (Å²) in [5, 5.41) is 11.5. The number of carbonyl (C=O) groups is 3. The first kappa shape index (κ1) is 18.6. The molecular formula is C16H22N2O5. The maximum atomic E-state index is 12.0. The van der Waals surface area contributed by atoms with Crippen LogP contribution < -0.4 is 5.32 Å². The number of nitrogens with one attached hydrogen (secondary N) is 1. The van der Waals surface area contributed by atoms with Crippen LogP contribution in [0, 0.1) is 0 Å². The number of hydrogen-bond acceptors (Lipinski definition) is 5. The van der Waals surface area contributed by atoms with Gasteiger partial charge < -0.3 is 20.1 Å². The van der Waals surface area contributed by atoms with Crippen LogP contribution in [0.3, 0.4) is 0 Å². The zero-order valence-electron chi connectivity index (χ0n) is 13.4. The van der Waals surface area contributed by atoms with Gasteiger partial charge in [-0.3, -0.25) is 9.59 Å². The van der Waals surface area contributed by atoms with Crippen LogP contribution in [0.15, 0.2) is 24.3 Å². The number of amides is 2. The van der Waals surface area contributed by atoms with Crippen LogP contribution >= 0.6 is 0 Å². The molecule has 23 heavy (non-hydrogen) atoms. The van der Waals surface area contributed by atoms with E-state index in [1.165, 1.54) is 17.0 Å². The number of benzene rings is 1. The fourth-order valence-electron chi connectivity index (χ4n) is 1.85. The van der Waals surface area contributed by atoms with Gasteiger partial charge in [0.1, 0.15) is 0 Å². The van der Waals surface area contributed by atoms with Gasteiger partial charge in [-0.05, 0) is 31.5 Å². The summed E-state index contributed by atoms with van der Waals surface area (Å²) in [6.07, 6.45) is 0. The van der Waals surface area contributed by atoms with Crippen molar-refractivity contribution in [3.63, 3.8) is 0 Å². The van der Waals surface area contributed by atoms with Gasteiger partial charge in [-0.25, -0.2) is 4.79 Å². The van der Waals surface area contributed by atoms with E-state index in [9.17, 15) is 14.4 Å². The van der Waals surface area contributed by atoms with Gasteiger partial charge in [0.2, 0.25) is 5.91 Å². The first-order valence-corrected chi connectivity index (χ1v) is 7.43. The second kappa shape index (κ2) is 9.58. The zero-order chi connectivity index (χ0) is 17.2. The van der Waals surface area contributed by atoms with Crippen molar-refractivity contribution >= 4 is 17.8 Å². The van der Waals surface area contributed by atoms with Gasteiger partial charge in [0.25, 0.3) is 5.91 Å². The summed E-state index contributed by atoms with van der Waals surface area (Å²) in [4.78, 5) is 36.7. The summed E-state index contributed by atoms with van der Waals surface area (Å²) in [5.74, 6) is -1.32. The summed E-state index contributed by atoms with van der Waals surface area (Å²) in [5.41, 5.74) is 0.971. The third kappa shape index (κ3) is 6.07. The Balaban J connectivity index is 2.52. The molecule has 0 bridgehead atoms. The number of carbonyl (C=O) groups excluding carboxylic acids is 3. The molecule has 0 fully saturated rings. The minimum atomic E-state index is -0.628. The minimum Gasteiger partial charge on any atom is -0.452 e. The van der Waals surface area contributed by atoms with Crippen molar-refractivity contribution in [3.05, 3.63) is 35.4 Å². The largest absolute Gasteiger partial charge is 0.452 e. The SMILES string of the molecule is CCNC(=O)CN(CC)C(=O)COC(=O)c1ccc(CO)cc1. The number of ether oxygens (including phenoxy) is 1. The molecule has 0 aliphatic rings. The minimum absolute atomic E-state index is 0.0636. The number of nitrogens with zero attached hydrogens (tertiary/aromatic N) is 1. The molecule has 0 aliphatic carbocycles. The highest BCUT2D eigenvalue weighted by atomic mass is 16.5. The van der Waals surface area contributed by atoms with Crippen LogP contribution in [0.4, 0.5) is 0 Å². The first-order valence-electron chi connectivity index (χ1n) is 7.43. The van der Waals surface area contributed by atoms with E-state index in [4.69, 9.17) is 9.84 Å². The molecule has 7 nitrogen and oxygen atoms in total. The fraction of sp³-hybridized carbons (Fsp3) is 0.438. The Hall–Kier alpha value is -2.41. The number of hydrogen-bond donors (Lipinski definition) is 2. The molecule has 1 aromatic rings. The van der Waals surface area contributed by atoms with E-state index in [2.05, 4.69) is 5.32 Å². The summed E-state index contributed by atoms with van der Waals surface area (Å²) < 4.78 is 4.96. The Kier molecular flexibility index (Phi) is 7.76. The molecule has 1 aromatic carbocycles. The summed E-state index contributed by atoms with van der Waals surface area (Å²) in [7, 11) is 0. The highest BCUT2D eigenvalue weighted by Gasteiger charge is 2.17. The molecule has 0 saturated heterocycles. The molecule has 0 aliphatic heterocycles. The van der Waals surface area contributed by atoms with Crippen LogP contribution in [0.1, 0.15) is 29.8 Å². The quantitative estimate of drug-likeness (QED) is 0.672. The topological polar surface area (TPSA) is 95.9 Å². The van der Waals surface area contributed by atoms with Crippen LogP contribution in [-0.2, 0) is 20.9 Å². The maximum Gasteiger partial charge on any atom is 0.338 e. The molecule has 2 amide bonds. The molecule has 0 saturated carbocycles. The fourth-order valence-corrected chi connectivity index (χ4v) is 1.85. The van der Waals surface area contributed by atoms with Crippen molar-refractivity contribution in [2.45, 2.75) is 20.5 Å². The number of aliphatic hydroxyl groups is 1. The van der Waals surface area contributed by atoms with Gasteiger partial charge >= 0.3 is 5.97 Å². The van der Waals surface area contributed by atoms with Crippen LogP contribution in [0.5, 0.6) is 0 Å². The Morgan fingerprint density at radius 3 is 2.35 bits per heavy atom. The monoisotopic (exact) mass is 322 g/mol. The molecule has 1 rings (SSSR count). The van der Waals surface area contributed by atoms with Crippen molar-refractivity contribution in [1.29, 1.82) is 0 Å². The van der Waals surface area contributed by atoms with Crippen molar-refractivity contribution < 1.29 is 24.2 Å². The van der Waals surface area contributed by atoms with E-state index in [1.807, 2.05) is 0 Å². The van der Waals surface area contributed by atoms with E-state index < -0.39 is 18.5 Å². The standard InChI is InChI=1S/C16H22N2O5/c1-3-17-14(20)9-18(4-2)15(21)11-23-16(22)13-7-5-12(10-19)6-8-13/h5-8,19H,3-4,9-11H2,1-2H3,(H,17,20). The summed E-state index contributed by atoms with van der Waals surface area (Å²) in [6.45, 7) is 3.77. The summed E-state index contributed by atoms with van der Waals surface area (Å²) >= 11 is 0. The predicted molar refractivity (Wildman–Crippen MR) is 83.6 cm³/mol. The van der Waals surface area contributed by atoms with Gasteiger partial charge in [0.05, 0.1) is 18.7 Å². The summed E-state index contributed by atoms with van der Waals surface area (Å²) in [6, 6.07) is 6.24. The number of esters is 1.